The lowest BCUT2D eigenvalue weighted by molar-refractivity contribution is -0.127. The second-order valence-corrected chi connectivity index (χ2v) is 12.2. The molecule has 1 N–H and O–H groups in total. The molecule has 5 aliphatic rings. The van der Waals surface area contributed by atoms with Gasteiger partial charge in [-0.3, -0.25) is 4.79 Å². The standard InChI is InChI=1S/C29H40N6O4/c1-34-13-5-6-20(34)17-38-24-16-23(35-14-12-30-18-28(35)11-15-37-19-28)31-27(32-24)25-21-7-4-10-29(26(21)33-39-25)9-3-2-8-22(29)36/h16,20,30H,2-15,17-19H2,1H3/t20-,28?,29+/m0/s1. The molecule has 3 saturated heterocycles. The Bertz CT molecular complexity index is 1230. The maximum atomic E-state index is 13.2. The van der Waals surface area contributed by atoms with Crippen molar-refractivity contribution in [3.05, 3.63) is 17.3 Å². The van der Waals surface area contributed by atoms with Crippen molar-refractivity contribution in [2.45, 2.75) is 81.2 Å². The van der Waals surface area contributed by atoms with E-state index in [9.17, 15) is 4.79 Å². The number of ketones is 1. The number of nitrogens with zero attached hydrogens (tertiary/aromatic N) is 5. The van der Waals surface area contributed by atoms with Crippen LogP contribution in [0.4, 0.5) is 5.82 Å². The second kappa shape index (κ2) is 10.1. The monoisotopic (exact) mass is 536 g/mol. The largest absolute Gasteiger partial charge is 0.476 e. The zero-order valence-corrected chi connectivity index (χ0v) is 23.0. The first kappa shape index (κ1) is 25.4. The lowest BCUT2D eigenvalue weighted by Gasteiger charge is -2.45. The number of carbonyl (C=O) groups excluding carboxylic acids is 1. The van der Waals surface area contributed by atoms with Gasteiger partial charge in [0, 0.05) is 50.3 Å². The maximum absolute atomic E-state index is 13.2. The minimum Gasteiger partial charge on any atom is -0.476 e. The van der Waals surface area contributed by atoms with Gasteiger partial charge in [-0.15, -0.1) is 0 Å². The molecule has 4 fully saturated rings. The molecular weight excluding hydrogens is 496 g/mol. The molecule has 0 bridgehead atoms. The maximum Gasteiger partial charge on any atom is 0.219 e. The van der Waals surface area contributed by atoms with Gasteiger partial charge in [-0.05, 0) is 65.0 Å². The molecule has 3 aliphatic heterocycles. The van der Waals surface area contributed by atoms with E-state index in [1.165, 1.54) is 6.42 Å². The number of rotatable bonds is 5. The Morgan fingerprint density at radius 1 is 1.13 bits per heavy atom. The topological polar surface area (TPSA) is 106 Å². The number of anilines is 1. The summed E-state index contributed by atoms with van der Waals surface area (Å²) >= 11 is 0. The number of aromatic nitrogens is 3. The summed E-state index contributed by atoms with van der Waals surface area (Å²) in [4.78, 5) is 27.9. The van der Waals surface area contributed by atoms with Crippen molar-refractivity contribution in [3.8, 4) is 17.5 Å². The molecule has 10 heteroatoms. The predicted molar refractivity (Wildman–Crippen MR) is 145 cm³/mol. The van der Waals surface area contributed by atoms with Gasteiger partial charge in [0.25, 0.3) is 0 Å². The third kappa shape index (κ3) is 4.35. The van der Waals surface area contributed by atoms with E-state index in [0.29, 0.717) is 48.9 Å². The molecule has 1 unspecified atom stereocenters. The van der Waals surface area contributed by atoms with Crippen LogP contribution in [0.15, 0.2) is 10.6 Å². The van der Waals surface area contributed by atoms with E-state index in [1.54, 1.807) is 0 Å². The zero-order valence-electron chi connectivity index (χ0n) is 23.0. The highest BCUT2D eigenvalue weighted by Gasteiger charge is 2.48. The first-order chi connectivity index (χ1) is 19.1. The molecule has 5 heterocycles. The predicted octanol–water partition coefficient (Wildman–Crippen LogP) is 2.89. The van der Waals surface area contributed by atoms with Gasteiger partial charge >= 0.3 is 0 Å². The van der Waals surface area contributed by atoms with Gasteiger partial charge in [0.05, 0.1) is 17.6 Å². The van der Waals surface area contributed by atoms with Crippen LogP contribution in [0.3, 0.4) is 0 Å². The smallest absolute Gasteiger partial charge is 0.219 e. The van der Waals surface area contributed by atoms with Crippen LogP contribution < -0.4 is 15.0 Å². The Morgan fingerprint density at radius 2 is 2.05 bits per heavy atom. The molecule has 1 saturated carbocycles. The van der Waals surface area contributed by atoms with Crippen molar-refractivity contribution in [2.24, 2.45) is 0 Å². The van der Waals surface area contributed by atoms with Crippen molar-refractivity contribution < 1.29 is 18.8 Å². The number of ether oxygens (including phenoxy) is 2. The van der Waals surface area contributed by atoms with E-state index in [4.69, 9.17) is 24.0 Å². The van der Waals surface area contributed by atoms with Crippen LogP contribution in [0.5, 0.6) is 5.88 Å². The molecule has 210 valence electrons. The van der Waals surface area contributed by atoms with Gasteiger partial charge in [0.15, 0.2) is 0 Å². The summed E-state index contributed by atoms with van der Waals surface area (Å²) in [6.45, 7) is 5.68. The number of likely N-dealkylation sites (tertiary alicyclic amines) is 1. The van der Waals surface area contributed by atoms with Crippen LogP contribution in [0.1, 0.15) is 69.0 Å². The summed E-state index contributed by atoms with van der Waals surface area (Å²) in [6.07, 6.45) is 9.42. The van der Waals surface area contributed by atoms with Gasteiger partial charge in [-0.1, -0.05) is 11.6 Å². The molecule has 7 rings (SSSR count). The fourth-order valence-corrected chi connectivity index (χ4v) is 7.63. The number of Topliss-reactive ketones (excluding diaryl/α,β-unsaturated/α-hetero) is 1. The normalized spacial score (nSPS) is 31.4. The fourth-order valence-electron chi connectivity index (χ4n) is 7.63. The molecular formula is C29H40N6O4. The summed E-state index contributed by atoms with van der Waals surface area (Å²) < 4.78 is 18.3. The zero-order chi connectivity index (χ0) is 26.5. The Labute approximate surface area is 229 Å². The molecule has 0 radical (unpaired) electrons. The SMILES string of the molecule is CN1CCC[C@H]1COc1cc(N2CCNCC23CCOC3)nc(-c2onc3c2CCC[C@@]32CCCCC2=O)n1. The molecule has 2 aliphatic carbocycles. The summed E-state index contributed by atoms with van der Waals surface area (Å²) in [5.74, 6) is 2.82. The molecule has 2 aromatic heterocycles. The number of fused-ring (bicyclic) bond motifs is 2. The molecule has 3 atom stereocenters. The van der Waals surface area contributed by atoms with E-state index in [2.05, 4.69) is 27.3 Å². The van der Waals surface area contributed by atoms with E-state index >= 15 is 0 Å². The highest BCUT2D eigenvalue weighted by atomic mass is 16.5. The minimum absolute atomic E-state index is 0.133. The highest BCUT2D eigenvalue weighted by Crippen LogP contribution is 2.47. The third-order valence-electron chi connectivity index (χ3n) is 9.95. The molecule has 39 heavy (non-hydrogen) atoms. The van der Waals surface area contributed by atoms with Crippen LogP contribution >= 0.6 is 0 Å². The quantitative estimate of drug-likeness (QED) is 0.613. The molecule has 10 nitrogen and oxygen atoms in total. The lowest BCUT2D eigenvalue weighted by atomic mass is 9.64. The van der Waals surface area contributed by atoms with Crippen LogP contribution in [0, 0.1) is 0 Å². The van der Waals surface area contributed by atoms with Crippen molar-refractivity contribution in [3.63, 3.8) is 0 Å². The molecule has 2 spiro atoms. The average Bonchev–Trinajstić information content (AvgIpc) is 3.70. The second-order valence-electron chi connectivity index (χ2n) is 12.2. The van der Waals surface area contributed by atoms with Gasteiger partial charge in [0.2, 0.25) is 17.5 Å². The minimum atomic E-state index is -0.499. The Morgan fingerprint density at radius 3 is 2.87 bits per heavy atom. The van der Waals surface area contributed by atoms with E-state index in [-0.39, 0.29) is 5.54 Å². The molecule has 2 aromatic rings. The van der Waals surface area contributed by atoms with Crippen molar-refractivity contribution in [2.75, 3.05) is 57.9 Å². The van der Waals surface area contributed by atoms with Gasteiger partial charge in [0.1, 0.15) is 23.9 Å². The summed E-state index contributed by atoms with van der Waals surface area (Å²) in [5, 5.41) is 8.11. The van der Waals surface area contributed by atoms with E-state index in [1.807, 2.05) is 6.07 Å². The van der Waals surface area contributed by atoms with Crippen LogP contribution in [0.2, 0.25) is 0 Å². The Kier molecular flexibility index (Phi) is 6.60. The van der Waals surface area contributed by atoms with Crippen molar-refractivity contribution in [1.29, 1.82) is 0 Å². The first-order valence-corrected chi connectivity index (χ1v) is 14.9. The summed E-state index contributed by atoms with van der Waals surface area (Å²) in [6, 6.07) is 2.37. The Hall–Kier alpha value is -2.56. The summed E-state index contributed by atoms with van der Waals surface area (Å²) in [7, 11) is 2.16. The van der Waals surface area contributed by atoms with E-state index in [0.717, 1.165) is 101 Å². The fraction of sp³-hybridized carbons (Fsp3) is 0.724. The number of nitrogens with one attached hydrogen (secondary N) is 1. The van der Waals surface area contributed by atoms with Crippen LogP contribution in [-0.4, -0.2) is 90.4 Å². The first-order valence-electron chi connectivity index (χ1n) is 14.9. The van der Waals surface area contributed by atoms with Crippen molar-refractivity contribution >= 4 is 11.6 Å². The summed E-state index contributed by atoms with van der Waals surface area (Å²) in [5.41, 5.74) is 1.21. The van der Waals surface area contributed by atoms with Crippen LogP contribution in [0.25, 0.3) is 11.6 Å². The van der Waals surface area contributed by atoms with Crippen LogP contribution in [-0.2, 0) is 21.4 Å². The number of hydrogen-bond acceptors (Lipinski definition) is 10. The van der Waals surface area contributed by atoms with Gasteiger partial charge < -0.3 is 29.1 Å². The van der Waals surface area contributed by atoms with E-state index < -0.39 is 5.41 Å². The Balaban J connectivity index is 1.28. The third-order valence-corrected chi connectivity index (χ3v) is 9.95. The van der Waals surface area contributed by atoms with Crippen molar-refractivity contribution in [1.82, 2.24) is 25.3 Å². The van der Waals surface area contributed by atoms with Gasteiger partial charge in [-0.25, -0.2) is 4.98 Å². The average molecular weight is 537 g/mol. The number of likely N-dealkylation sites (N-methyl/N-ethyl adjacent to an activating group) is 1. The number of piperazine rings is 1. The van der Waals surface area contributed by atoms with Gasteiger partial charge in [-0.2, -0.15) is 4.98 Å². The lowest BCUT2D eigenvalue weighted by Crippen LogP contribution is -2.62. The number of hydrogen-bond donors (Lipinski definition) is 1. The highest BCUT2D eigenvalue weighted by molar-refractivity contribution is 5.91. The molecule has 0 amide bonds. The molecule has 0 aromatic carbocycles. The number of carbonyl (C=O) groups is 1.